The fraction of sp³-hybridized carbons (Fsp3) is 0.350. The summed E-state index contributed by atoms with van der Waals surface area (Å²) < 4.78 is 5.21. The lowest BCUT2D eigenvalue weighted by atomic mass is 9.88. The van der Waals surface area contributed by atoms with Crippen molar-refractivity contribution in [1.82, 2.24) is 0 Å². The van der Waals surface area contributed by atoms with Crippen molar-refractivity contribution in [1.29, 1.82) is 0 Å². The molecule has 1 atom stereocenters. The third-order valence-electron chi connectivity index (χ3n) is 4.84. The number of thioether (sulfide) groups is 1. The van der Waals surface area contributed by atoms with E-state index in [-0.39, 0.29) is 5.91 Å². The molecule has 1 aromatic carbocycles. The van der Waals surface area contributed by atoms with Gasteiger partial charge in [-0.3, -0.25) is 4.79 Å². The zero-order chi connectivity index (χ0) is 17.4. The van der Waals surface area contributed by atoms with Crippen LogP contribution in [0.4, 0.5) is 5.69 Å². The number of nitrogens with one attached hydrogen (secondary N) is 1. The standard InChI is InChI=1S/C20H21NO2S2/c1-12-6-7-15-16-11-24-19(10-18(16)25-17(15)8-12)20(22)21-13-4-3-5-14(9-13)23-2/h3-5,9-10,12H,6-8,11H2,1-2H3,(H,21,22)/t12-/m0/s1. The van der Waals surface area contributed by atoms with Crippen LogP contribution in [0, 0.1) is 5.92 Å². The fourth-order valence-electron chi connectivity index (χ4n) is 3.45. The Kier molecular flexibility index (Phi) is 4.61. The van der Waals surface area contributed by atoms with E-state index in [1.54, 1.807) is 24.4 Å². The number of methoxy groups -OCH3 is 1. The maximum atomic E-state index is 12.6. The molecule has 2 aromatic rings. The minimum Gasteiger partial charge on any atom is -0.497 e. The summed E-state index contributed by atoms with van der Waals surface area (Å²) >= 11 is 3.53. The molecular weight excluding hydrogens is 350 g/mol. The van der Waals surface area contributed by atoms with Gasteiger partial charge in [-0.1, -0.05) is 13.0 Å². The van der Waals surface area contributed by atoms with E-state index >= 15 is 0 Å². The third kappa shape index (κ3) is 3.35. The number of carbonyl (C=O) groups excluding carboxylic acids is 1. The van der Waals surface area contributed by atoms with Gasteiger partial charge in [-0.25, -0.2) is 0 Å². The molecule has 3 nitrogen and oxygen atoms in total. The van der Waals surface area contributed by atoms with Crippen LogP contribution >= 0.6 is 23.1 Å². The predicted molar refractivity (Wildman–Crippen MR) is 106 cm³/mol. The van der Waals surface area contributed by atoms with Gasteiger partial charge in [0.2, 0.25) is 0 Å². The van der Waals surface area contributed by atoms with Gasteiger partial charge in [-0.05, 0) is 54.5 Å². The second-order valence-corrected chi connectivity index (χ2v) is 8.83. The van der Waals surface area contributed by atoms with Gasteiger partial charge in [0, 0.05) is 27.3 Å². The number of hydrogen-bond acceptors (Lipinski definition) is 4. The van der Waals surface area contributed by atoms with Crippen LogP contribution in [-0.4, -0.2) is 13.0 Å². The molecular formula is C20H21NO2S2. The highest BCUT2D eigenvalue weighted by atomic mass is 32.2. The first-order valence-corrected chi connectivity index (χ1v) is 10.4. The quantitative estimate of drug-likeness (QED) is 0.815. The molecule has 2 aliphatic rings. The van der Waals surface area contributed by atoms with E-state index in [2.05, 4.69) is 18.3 Å². The van der Waals surface area contributed by atoms with E-state index in [0.717, 1.165) is 28.0 Å². The monoisotopic (exact) mass is 371 g/mol. The average Bonchev–Trinajstić information content (AvgIpc) is 2.98. The maximum Gasteiger partial charge on any atom is 0.262 e. The largest absolute Gasteiger partial charge is 0.497 e. The van der Waals surface area contributed by atoms with Gasteiger partial charge in [0.25, 0.3) is 5.91 Å². The van der Waals surface area contributed by atoms with Crippen LogP contribution in [0.2, 0.25) is 0 Å². The molecule has 2 heterocycles. The number of carbonyl (C=O) groups is 1. The van der Waals surface area contributed by atoms with E-state index in [4.69, 9.17) is 4.74 Å². The molecule has 4 rings (SSSR count). The number of ether oxygens (including phenoxy) is 1. The van der Waals surface area contributed by atoms with Crippen LogP contribution in [0.5, 0.6) is 5.75 Å². The van der Waals surface area contributed by atoms with Crippen molar-refractivity contribution < 1.29 is 9.53 Å². The first-order valence-electron chi connectivity index (χ1n) is 8.57. The zero-order valence-electron chi connectivity index (χ0n) is 14.4. The van der Waals surface area contributed by atoms with Crippen molar-refractivity contribution in [2.24, 2.45) is 5.92 Å². The Hall–Kier alpha value is -1.72. The SMILES string of the molecule is COc1cccc(NC(=O)C2=Cc3sc4c(c3CS2)CC[C@H](C)C4)c1. The number of rotatable bonds is 3. The number of anilines is 1. The number of hydrogen-bond donors (Lipinski definition) is 1. The van der Waals surface area contributed by atoms with Gasteiger partial charge in [0.15, 0.2) is 0 Å². The van der Waals surface area contributed by atoms with E-state index in [9.17, 15) is 4.79 Å². The van der Waals surface area contributed by atoms with Gasteiger partial charge in [0.1, 0.15) is 5.75 Å². The summed E-state index contributed by atoms with van der Waals surface area (Å²) in [5.41, 5.74) is 3.79. The molecule has 1 aliphatic heterocycles. The second kappa shape index (κ2) is 6.89. The van der Waals surface area contributed by atoms with E-state index in [1.807, 2.05) is 35.6 Å². The number of thiophene rings is 1. The third-order valence-corrected chi connectivity index (χ3v) is 7.13. The average molecular weight is 372 g/mol. The molecule has 25 heavy (non-hydrogen) atoms. The molecule has 0 saturated heterocycles. The first-order chi connectivity index (χ1) is 12.1. The summed E-state index contributed by atoms with van der Waals surface area (Å²) in [6.45, 7) is 2.33. The summed E-state index contributed by atoms with van der Waals surface area (Å²) in [4.78, 5) is 16.3. The summed E-state index contributed by atoms with van der Waals surface area (Å²) in [6.07, 6.45) is 5.75. The zero-order valence-corrected chi connectivity index (χ0v) is 16.1. The number of amides is 1. The molecule has 0 fully saturated rings. The van der Waals surface area contributed by atoms with Crippen molar-refractivity contribution in [3.05, 3.63) is 50.1 Å². The Morgan fingerprint density at radius 1 is 1.32 bits per heavy atom. The molecule has 1 N–H and O–H groups in total. The molecule has 1 aliphatic carbocycles. The first kappa shape index (κ1) is 16.7. The number of benzene rings is 1. The predicted octanol–water partition coefficient (Wildman–Crippen LogP) is 5.11. The van der Waals surface area contributed by atoms with Crippen LogP contribution in [0.3, 0.4) is 0 Å². The maximum absolute atomic E-state index is 12.6. The van der Waals surface area contributed by atoms with E-state index in [1.165, 1.54) is 34.6 Å². The second-order valence-electron chi connectivity index (χ2n) is 6.68. The smallest absolute Gasteiger partial charge is 0.262 e. The van der Waals surface area contributed by atoms with Crippen LogP contribution < -0.4 is 10.1 Å². The number of fused-ring (bicyclic) bond motifs is 3. The highest BCUT2D eigenvalue weighted by Gasteiger charge is 2.26. The topological polar surface area (TPSA) is 38.3 Å². The molecule has 1 amide bonds. The molecule has 1 aromatic heterocycles. The van der Waals surface area contributed by atoms with E-state index in [0.29, 0.717) is 0 Å². The Morgan fingerprint density at radius 2 is 2.20 bits per heavy atom. The lowest BCUT2D eigenvalue weighted by Gasteiger charge is -2.20. The van der Waals surface area contributed by atoms with Crippen LogP contribution in [0.25, 0.3) is 6.08 Å². The highest BCUT2D eigenvalue weighted by molar-refractivity contribution is 8.03. The Morgan fingerprint density at radius 3 is 3.04 bits per heavy atom. The van der Waals surface area contributed by atoms with Crippen LogP contribution in [-0.2, 0) is 23.4 Å². The summed E-state index contributed by atoms with van der Waals surface area (Å²) in [6, 6.07) is 7.46. The fourth-order valence-corrected chi connectivity index (χ4v) is 6.10. The molecule has 0 unspecified atom stereocenters. The Labute approximate surface area is 156 Å². The summed E-state index contributed by atoms with van der Waals surface area (Å²) in [5, 5.41) is 2.98. The summed E-state index contributed by atoms with van der Waals surface area (Å²) in [7, 11) is 1.63. The lowest BCUT2D eigenvalue weighted by molar-refractivity contribution is -0.112. The van der Waals surface area contributed by atoms with Gasteiger partial charge in [-0.2, -0.15) is 0 Å². The molecule has 0 saturated carbocycles. The minimum absolute atomic E-state index is 0.0383. The van der Waals surface area contributed by atoms with Crippen molar-refractivity contribution in [2.75, 3.05) is 12.4 Å². The minimum atomic E-state index is -0.0383. The molecule has 5 heteroatoms. The lowest BCUT2D eigenvalue weighted by Crippen LogP contribution is -2.14. The summed E-state index contributed by atoms with van der Waals surface area (Å²) in [5.74, 6) is 2.39. The van der Waals surface area contributed by atoms with Crippen molar-refractivity contribution >= 4 is 40.8 Å². The molecule has 0 bridgehead atoms. The van der Waals surface area contributed by atoms with Crippen LogP contribution in [0.15, 0.2) is 29.2 Å². The van der Waals surface area contributed by atoms with Gasteiger partial charge in [0.05, 0.1) is 12.0 Å². The van der Waals surface area contributed by atoms with E-state index < -0.39 is 0 Å². The Balaban J connectivity index is 1.55. The van der Waals surface area contributed by atoms with Gasteiger partial charge in [-0.15, -0.1) is 23.1 Å². The van der Waals surface area contributed by atoms with Crippen molar-refractivity contribution in [2.45, 2.75) is 31.9 Å². The molecule has 130 valence electrons. The normalized spacial score (nSPS) is 18.8. The van der Waals surface area contributed by atoms with Crippen molar-refractivity contribution in [3.8, 4) is 5.75 Å². The molecule has 0 spiro atoms. The van der Waals surface area contributed by atoms with Gasteiger partial charge < -0.3 is 10.1 Å². The van der Waals surface area contributed by atoms with Crippen molar-refractivity contribution in [3.63, 3.8) is 0 Å². The molecule has 0 radical (unpaired) electrons. The van der Waals surface area contributed by atoms with Crippen LogP contribution in [0.1, 0.15) is 34.2 Å². The highest BCUT2D eigenvalue weighted by Crippen LogP contribution is 2.43. The Bertz CT molecular complexity index is 853. The van der Waals surface area contributed by atoms with Gasteiger partial charge >= 0.3 is 0 Å².